The zero-order chi connectivity index (χ0) is 28.6. The van der Waals surface area contributed by atoms with Crippen LogP contribution in [0.15, 0.2) is 25.3 Å². The topological polar surface area (TPSA) is 87.1 Å². The van der Waals surface area contributed by atoms with Crippen molar-refractivity contribution in [1.82, 2.24) is 9.80 Å². The molecule has 0 saturated carbocycles. The second-order valence-corrected chi connectivity index (χ2v) is 14.9. The molecule has 0 radical (unpaired) electrons. The maximum Gasteiger partial charge on any atom is 0.310 e. The number of aliphatic hydroxyl groups excluding tert-OH is 1. The van der Waals surface area contributed by atoms with Crippen molar-refractivity contribution in [3.63, 3.8) is 0 Å². The van der Waals surface area contributed by atoms with E-state index in [1.807, 2.05) is 18.7 Å². The predicted octanol–water partition coefficient (Wildman–Crippen LogP) is 4.44. The molecule has 6 atom stereocenters. The standard InChI is InChI=1S/C30H48N2O5S/c1-10-12-16-37-27(36)22-21-13-14-30(38-21)23(22)25(34)32(20(17-33)19(3)4)24(30)26(35)31(15-11-2)29(8,9)18-28(5,6)7/h10-11,19-24,33H,1-2,12-18H2,3-9H3/t20-,21+,22-,23-,24?,30?/m0/s1. The van der Waals surface area contributed by atoms with E-state index in [4.69, 9.17) is 4.74 Å². The molecule has 2 bridgehead atoms. The Morgan fingerprint density at radius 1 is 1.24 bits per heavy atom. The largest absolute Gasteiger partial charge is 0.465 e. The molecule has 1 spiro atoms. The van der Waals surface area contributed by atoms with E-state index in [0.29, 0.717) is 19.4 Å². The van der Waals surface area contributed by atoms with Crippen LogP contribution in [0, 0.1) is 23.2 Å². The molecule has 2 amide bonds. The van der Waals surface area contributed by atoms with Crippen molar-refractivity contribution in [2.24, 2.45) is 23.2 Å². The number of amides is 2. The molecule has 0 aromatic carbocycles. The highest BCUT2D eigenvalue weighted by molar-refractivity contribution is 8.02. The molecular weight excluding hydrogens is 500 g/mol. The van der Waals surface area contributed by atoms with Crippen LogP contribution >= 0.6 is 11.8 Å². The summed E-state index contributed by atoms with van der Waals surface area (Å²) in [4.78, 5) is 45.8. The van der Waals surface area contributed by atoms with Gasteiger partial charge in [-0.1, -0.05) is 46.8 Å². The van der Waals surface area contributed by atoms with Gasteiger partial charge in [-0.05, 0) is 50.9 Å². The molecule has 2 unspecified atom stereocenters. The Hall–Kier alpha value is -1.80. The number of ether oxygens (including phenoxy) is 1. The highest BCUT2D eigenvalue weighted by atomic mass is 32.2. The molecule has 0 aromatic heterocycles. The molecule has 7 nitrogen and oxygen atoms in total. The Labute approximate surface area is 233 Å². The molecule has 8 heteroatoms. The number of hydrogen-bond acceptors (Lipinski definition) is 6. The minimum absolute atomic E-state index is 0.0262. The Balaban J connectivity index is 2.10. The van der Waals surface area contributed by atoms with Crippen molar-refractivity contribution in [3.05, 3.63) is 25.3 Å². The van der Waals surface area contributed by atoms with E-state index < -0.39 is 34.2 Å². The SMILES string of the molecule is C=CCCOC(=O)[C@@H]1[C@H]2C(=O)N([C@@H](CO)C(C)C)C(C(=O)N(CC=C)C(C)(C)CC(C)(C)C)C23CC[C@H]1S3. The number of esters is 1. The average molecular weight is 549 g/mol. The zero-order valence-electron chi connectivity index (χ0n) is 24.4. The summed E-state index contributed by atoms with van der Waals surface area (Å²) in [6.45, 7) is 22.5. The number of thioether (sulfide) groups is 1. The number of fused-ring (bicyclic) bond motifs is 1. The molecule has 3 heterocycles. The van der Waals surface area contributed by atoms with Crippen molar-refractivity contribution >= 4 is 29.5 Å². The van der Waals surface area contributed by atoms with Gasteiger partial charge in [-0.2, -0.15) is 0 Å². The summed E-state index contributed by atoms with van der Waals surface area (Å²) in [5.41, 5.74) is -0.522. The first-order valence-corrected chi connectivity index (χ1v) is 14.9. The smallest absolute Gasteiger partial charge is 0.310 e. The van der Waals surface area contributed by atoms with Gasteiger partial charge in [0.25, 0.3) is 0 Å². The van der Waals surface area contributed by atoms with Crippen LogP contribution in [0.1, 0.15) is 74.1 Å². The number of carbonyl (C=O) groups is 3. The van der Waals surface area contributed by atoms with Crippen LogP contribution in [0.2, 0.25) is 0 Å². The average Bonchev–Trinajstić information content (AvgIpc) is 3.43. The first kappa shape index (κ1) is 30.7. The van der Waals surface area contributed by atoms with Gasteiger partial charge in [-0.3, -0.25) is 14.4 Å². The second kappa shape index (κ2) is 11.4. The van der Waals surface area contributed by atoms with Crippen LogP contribution < -0.4 is 0 Å². The lowest BCUT2D eigenvalue weighted by molar-refractivity contribution is -0.154. The Morgan fingerprint density at radius 2 is 1.89 bits per heavy atom. The summed E-state index contributed by atoms with van der Waals surface area (Å²) in [5, 5.41) is 10.4. The fourth-order valence-electron chi connectivity index (χ4n) is 7.26. The molecular formula is C30H48N2O5S. The number of nitrogens with zero attached hydrogens (tertiary/aromatic N) is 2. The molecule has 214 valence electrons. The van der Waals surface area contributed by atoms with Crippen LogP contribution in [0.5, 0.6) is 0 Å². The van der Waals surface area contributed by atoms with Gasteiger partial charge in [-0.15, -0.1) is 24.9 Å². The van der Waals surface area contributed by atoms with Crippen LogP contribution in [-0.4, -0.2) is 80.1 Å². The minimum Gasteiger partial charge on any atom is -0.465 e. The molecule has 1 N–H and O–H groups in total. The van der Waals surface area contributed by atoms with Gasteiger partial charge in [0, 0.05) is 17.3 Å². The maximum atomic E-state index is 14.7. The molecule has 3 saturated heterocycles. The third kappa shape index (κ3) is 5.45. The van der Waals surface area contributed by atoms with Gasteiger partial charge in [0.05, 0.1) is 35.8 Å². The number of rotatable bonds is 12. The molecule has 0 aliphatic carbocycles. The molecule has 38 heavy (non-hydrogen) atoms. The van der Waals surface area contributed by atoms with Gasteiger partial charge >= 0.3 is 5.97 Å². The Bertz CT molecular complexity index is 941. The highest BCUT2D eigenvalue weighted by Gasteiger charge is 2.75. The third-order valence-corrected chi connectivity index (χ3v) is 10.3. The third-order valence-electron chi connectivity index (χ3n) is 8.40. The highest BCUT2D eigenvalue weighted by Crippen LogP contribution is 2.67. The minimum atomic E-state index is -0.764. The lowest BCUT2D eigenvalue weighted by atomic mass is 9.71. The van der Waals surface area contributed by atoms with E-state index in [2.05, 4.69) is 47.8 Å². The van der Waals surface area contributed by atoms with Gasteiger partial charge in [-0.25, -0.2) is 0 Å². The Morgan fingerprint density at radius 3 is 2.42 bits per heavy atom. The second-order valence-electron chi connectivity index (χ2n) is 13.3. The van der Waals surface area contributed by atoms with Crippen LogP contribution in [0.4, 0.5) is 0 Å². The first-order chi connectivity index (χ1) is 17.7. The molecule has 3 fully saturated rings. The number of likely N-dealkylation sites (tertiary alicyclic amines) is 1. The molecule has 3 rings (SSSR count). The summed E-state index contributed by atoms with van der Waals surface area (Å²) in [5.74, 6) is -1.98. The van der Waals surface area contributed by atoms with Crippen LogP contribution in [-0.2, 0) is 19.1 Å². The summed E-state index contributed by atoms with van der Waals surface area (Å²) in [6.07, 6.45) is 6.18. The van der Waals surface area contributed by atoms with Crippen LogP contribution in [0.3, 0.4) is 0 Å². The van der Waals surface area contributed by atoms with Crippen LogP contribution in [0.25, 0.3) is 0 Å². The number of hydrogen-bond donors (Lipinski definition) is 1. The molecule has 0 aromatic rings. The van der Waals surface area contributed by atoms with Crippen molar-refractivity contribution < 1.29 is 24.2 Å². The molecule has 3 aliphatic rings. The normalized spacial score (nSPS) is 29.4. The van der Waals surface area contributed by atoms with Gasteiger partial charge in [0.15, 0.2) is 0 Å². The first-order valence-electron chi connectivity index (χ1n) is 14.0. The number of carbonyl (C=O) groups excluding carboxylic acids is 3. The summed E-state index contributed by atoms with van der Waals surface area (Å²) >= 11 is 1.63. The number of aliphatic hydroxyl groups is 1. The monoisotopic (exact) mass is 548 g/mol. The quantitative estimate of drug-likeness (QED) is 0.220. The van der Waals surface area contributed by atoms with E-state index in [9.17, 15) is 19.5 Å². The summed E-state index contributed by atoms with van der Waals surface area (Å²) in [6, 6.07) is -1.29. The molecule has 3 aliphatic heterocycles. The lowest BCUT2D eigenvalue weighted by Gasteiger charge is -2.47. The van der Waals surface area contributed by atoms with Crippen molar-refractivity contribution in [2.45, 2.75) is 102 Å². The van der Waals surface area contributed by atoms with Gasteiger partial charge in [0.1, 0.15) is 6.04 Å². The van der Waals surface area contributed by atoms with Crippen molar-refractivity contribution in [1.29, 1.82) is 0 Å². The lowest BCUT2D eigenvalue weighted by Crippen LogP contribution is -2.62. The Kier molecular flexibility index (Phi) is 9.19. The fourth-order valence-corrected chi connectivity index (χ4v) is 9.45. The van der Waals surface area contributed by atoms with E-state index >= 15 is 0 Å². The van der Waals surface area contributed by atoms with Gasteiger partial charge < -0.3 is 19.6 Å². The van der Waals surface area contributed by atoms with Gasteiger partial charge in [0.2, 0.25) is 11.8 Å². The maximum absolute atomic E-state index is 14.7. The summed E-state index contributed by atoms with van der Waals surface area (Å²) in [7, 11) is 0. The van der Waals surface area contributed by atoms with Crippen molar-refractivity contribution in [3.8, 4) is 0 Å². The van der Waals surface area contributed by atoms with E-state index in [1.165, 1.54) is 0 Å². The van der Waals surface area contributed by atoms with Crippen molar-refractivity contribution in [2.75, 3.05) is 19.8 Å². The fraction of sp³-hybridized carbons (Fsp3) is 0.767. The van der Waals surface area contributed by atoms with E-state index in [1.54, 1.807) is 28.8 Å². The summed E-state index contributed by atoms with van der Waals surface area (Å²) < 4.78 is 4.86. The van der Waals surface area contributed by atoms with E-state index in [0.717, 1.165) is 12.8 Å². The predicted molar refractivity (Wildman–Crippen MR) is 153 cm³/mol. The van der Waals surface area contributed by atoms with E-state index in [-0.39, 0.29) is 47.6 Å². The zero-order valence-corrected chi connectivity index (χ0v) is 25.2.